The molecule has 2 amide bonds. The summed E-state index contributed by atoms with van der Waals surface area (Å²) in [5, 5.41) is 13.2. The Morgan fingerprint density at radius 1 is 1.33 bits per heavy atom. The lowest BCUT2D eigenvalue weighted by Gasteiger charge is -2.29. The van der Waals surface area contributed by atoms with E-state index in [9.17, 15) is 4.79 Å². The Labute approximate surface area is 137 Å². The number of amides is 2. The molecular formula is C16H16N6O2. The van der Waals surface area contributed by atoms with E-state index >= 15 is 0 Å². The molecule has 1 aliphatic heterocycles. The van der Waals surface area contributed by atoms with E-state index in [1.54, 1.807) is 18.5 Å². The maximum absolute atomic E-state index is 12.3. The molecule has 4 rings (SSSR count). The molecule has 8 nitrogen and oxygen atoms in total. The molecule has 0 saturated carbocycles. The number of fused-ring (bicyclic) bond motifs is 2. The van der Waals surface area contributed by atoms with Crippen molar-refractivity contribution in [3.8, 4) is 5.75 Å². The molecule has 0 fully saturated rings. The summed E-state index contributed by atoms with van der Waals surface area (Å²) in [6, 6.07) is 7.06. The number of aromatic nitrogens is 3. The van der Waals surface area contributed by atoms with Crippen molar-refractivity contribution in [1.82, 2.24) is 15.2 Å². The number of anilines is 3. The molecule has 3 N–H and O–H groups in total. The van der Waals surface area contributed by atoms with Crippen molar-refractivity contribution in [3.63, 3.8) is 0 Å². The minimum absolute atomic E-state index is 0.341. The SMILES string of the molecule is CN1CCOc2cccc(NC(=O)Nc3cnc4[nH]ncc4c3)c21. The Kier molecular flexibility index (Phi) is 3.42. The number of nitrogens with one attached hydrogen (secondary N) is 3. The van der Waals surface area contributed by atoms with E-state index in [-0.39, 0.29) is 6.03 Å². The molecule has 8 heteroatoms. The molecule has 122 valence electrons. The topological polar surface area (TPSA) is 95.2 Å². The van der Waals surface area contributed by atoms with Gasteiger partial charge in [0.1, 0.15) is 18.0 Å². The van der Waals surface area contributed by atoms with Crippen LogP contribution in [0.3, 0.4) is 0 Å². The Balaban J connectivity index is 1.54. The molecule has 3 heterocycles. The fourth-order valence-corrected chi connectivity index (χ4v) is 2.73. The van der Waals surface area contributed by atoms with Crippen LogP contribution in [-0.4, -0.2) is 41.4 Å². The summed E-state index contributed by atoms with van der Waals surface area (Å²) in [7, 11) is 1.97. The van der Waals surface area contributed by atoms with E-state index in [0.29, 0.717) is 23.6 Å². The van der Waals surface area contributed by atoms with Crippen molar-refractivity contribution in [3.05, 3.63) is 36.7 Å². The number of carbonyl (C=O) groups is 1. The molecule has 0 spiro atoms. The quantitative estimate of drug-likeness (QED) is 0.673. The van der Waals surface area contributed by atoms with Gasteiger partial charge in [-0.1, -0.05) is 6.07 Å². The third kappa shape index (κ3) is 2.58. The van der Waals surface area contributed by atoms with E-state index in [4.69, 9.17) is 4.74 Å². The van der Waals surface area contributed by atoms with Gasteiger partial charge < -0.3 is 20.3 Å². The predicted molar refractivity (Wildman–Crippen MR) is 91.7 cm³/mol. The Hall–Kier alpha value is -3.29. The number of hydrogen-bond acceptors (Lipinski definition) is 5. The minimum Gasteiger partial charge on any atom is -0.489 e. The second kappa shape index (κ2) is 5.73. The van der Waals surface area contributed by atoms with Crippen LogP contribution < -0.4 is 20.3 Å². The van der Waals surface area contributed by atoms with Gasteiger partial charge in [0.25, 0.3) is 0 Å². The molecule has 0 saturated heterocycles. The molecule has 3 aromatic rings. The van der Waals surface area contributed by atoms with E-state index in [2.05, 4.69) is 30.7 Å². The zero-order valence-electron chi connectivity index (χ0n) is 13.0. The number of likely N-dealkylation sites (N-methyl/N-ethyl adjacent to an activating group) is 1. The third-order valence-corrected chi connectivity index (χ3v) is 3.86. The highest BCUT2D eigenvalue weighted by Crippen LogP contribution is 2.37. The number of H-pyrrole nitrogens is 1. The fourth-order valence-electron chi connectivity index (χ4n) is 2.73. The average molecular weight is 324 g/mol. The van der Waals surface area contributed by atoms with Gasteiger partial charge in [-0.2, -0.15) is 5.10 Å². The van der Waals surface area contributed by atoms with Crippen molar-refractivity contribution in [2.75, 3.05) is 35.7 Å². The lowest BCUT2D eigenvalue weighted by Crippen LogP contribution is -2.30. The summed E-state index contributed by atoms with van der Waals surface area (Å²) in [4.78, 5) is 18.6. The normalized spacial score (nSPS) is 13.3. The van der Waals surface area contributed by atoms with Crippen molar-refractivity contribution in [1.29, 1.82) is 0 Å². The van der Waals surface area contributed by atoms with Crippen LogP contribution in [0.5, 0.6) is 5.75 Å². The molecule has 0 aliphatic carbocycles. The maximum atomic E-state index is 12.3. The summed E-state index contributed by atoms with van der Waals surface area (Å²) in [5.41, 5.74) is 2.85. The van der Waals surface area contributed by atoms with Crippen LogP contribution >= 0.6 is 0 Å². The Morgan fingerprint density at radius 2 is 2.25 bits per heavy atom. The van der Waals surface area contributed by atoms with Gasteiger partial charge in [-0.25, -0.2) is 9.78 Å². The molecule has 0 unspecified atom stereocenters. The van der Waals surface area contributed by atoms with E-state index < -0.39 is 0 Å². The summed E-state index contributed by atoms with van der Waals surface area (Å²) in [6.45, 7) is 1.41. The van der Waals surface area contributed by atoms with Crippen molar-refractivity contribution in [2.45, 2.75) is 0 Å². The second-order valence-electron chi connectivity index (χ2n) is 5.53. The smallest absolute Gasteiger partial charge is 0.323 e. The van der Waals surface area contributed by atoms with Crippen LogP contribution in [0.2, 0.25) is 0 Å². The summed E-state index contributed by atoms with van der Waals surface area (Å²) >= 11 is 0. The monoisotopic (exact) mass is 324 g/mol. The van der Waals surface area contributed by atoms with Crippen LogP contribution in [0.4, 0.5) is 21.9 Å². The average Bonchev–Trinajstić information content (AvgIpc) is 3.03. The van der Waals surface area contributed by atoms with Crippen LogP contribution in [0.25, 0.3) is 11.0 Å². The molecule has 2 aromatic heterocycles. The number of benzene rings is 1. The van der Waals surface area contributed by atoms with Crippen molar-refractivity contribution < 1.29 is 9.53 Å². The maximum Gasteiger partial charge on any atom is 0.323 e. The minimum atomic E-state index is -0.341. The third-order valence-electron chi connectivity index (χ3n) is 3.86. The summed E-state index contributed by atoms with van der Waals surface area (Å²) < 4.78 is 5.64. The highest BCUT2D eigenvalue weighted by molar-refractivity contribution is 6.03. The van der Waals surface area contributed by atoms with E-state index in [1.807, 2.05) is 25.2 Å². The van der Waals surface area contributed by atoms with Gasteiger partial charge in [0.15, 0.2) is 5.65 Å². The number of nitrogens with zero attached hydrogens (tertiary/aromatic N) is 3. The number of pyridine rings is 1. The van der Waals surface area contributed by atoms with Crippen LogP contribution in [0.15, 0.2) is 36.7 Å². The number of carbonyl (C=O) groups excluding carboxylic acids is 1. The van der Waals surface area contributed by atoms with Crippen molar-refractivity contribution >= 4 is 34.1 Å². The van der Waals surface area contributed by atoms with Crippen LogP contribution in [-0.2, 0) is 0 Å². The molecule has 1 aromatic carbocycles. The van der Waals surface area contributed by atoms with Gasteiger partial charge in [0, 0.05) is 12.4 Å². The predicted octanol–water partition coefficient (Wildman–Crippen LogP) is 2.43. The highest BCUT2D eigenvalue weighted by Gasteiger charge is 2.19. The van der Waals surface area contributed by atoms with Gasteiger partial charge in [-0.3, -0.25) is 5.10 Å². The number of aromatic amines is 1. The van der Waals surface area contributed by atoms with Gasteiger partial charge in [-0.15, -0.1) is 0 Å². The second-order valence-corrected chi connectivity index (χ2v) is 5.53. The van der Waals surface area contributed by atoms with Gasteiger partial charge in [-0.05, 0) is 18.2 Å². The fraction of sp³-hybridized carbons (Fsp3) is 0.188. The molecule has 0 atom stereocenters. The lowest BCUT2D eigenvalue weighted by atomic mass is 10.2. The first-order chi connectivity index (χ1) is 11.7. The molecular weight excluding hydrogens is 308 g/mol. The number of hydrogen-bond donors (Lipinski definition) is 3. The first kappa shape index (κ1) is 14.3. The highest BCUT2D eigenvalue weighted by atomic mass is 16.5. The zero-order valence-corrected chi connectivity index (χ0v) is 13.0. The Morgan fingerprint density at radius 3 is 3.17 bits per heavy atom. The van der Waals surface area contributed by atoms with E-state index in [0.717, 1.165) is 23.4 Å². The zero-order chi connectivity index (χ0) is 16.5. The van der Waals surface area contributed by atoms with Crippen LogP contribution in [0, 0.1) is 0 Å². The number of urea groups is 1. The van der Waals surface area contributed by atoms with Crippen molar-refractivity contribution in [2.24, 2.45) is 0 Å². The number of ether oxygens (including phenoxy) is 1. The lowest BCUT2D eigenvalue weighted by molar-refractivity contribution is 0.262. The summed E-state index contributed by atoms with van der Waals surface area (Å²) in [6.07, 6.45) is 3.24. The van der Waals surface area contributed by atoms with Gasteiger partial charge in [0.05, 0.1) is 30.3 Å². The molecule has 0 radical (unpaired) electrons. The van der Waals surface area contributed by atoms with E-state index in [1.165, 1.54) is 0 Å². The largest absolute Gasteiger partial charge is 0.489 e. The number of para-hydroxylation sites is 1. The molecule has 0 bridgehead atoms. The van der Waals surface area contributed by atoms with Gasteiger partial charge in [0.2, 0.25) is 0 Å². The van der Waals surface area contributed by atoms with Crippen LogP contribution in [0.1, 0.15) is 0 Å². The Bertz CT molecular complexity index is 906. The molecule has 1 aliphatic rings. The number of rotatable bonds is 2. The first-order valence-corrected chi connectivity index (χ1v) is 7.55. The standard InChI is InChI=1S/C16H16N6O2/c1-22-5-6-24-13-4-2-3-12(14(13)22)20-16(23)19-11-7-10-8-18-21-15(10)17-9-11/h2-4,7-9H,5-6H2,1H3,(H,17,18,21)(H2,19,20,23). The summed E-state index contributed by atoms with van der Waals surface area (Å²) in [5.74, 6) is 0.767. The molecule has 24 heavy (non-hydrogen) atoms. The van der Waals surface area contributed by atoms with Gasteiger partial charge >= 0.3 is 6.03 Å². The first-order valence-electron chi connectivity index (χ1n) is 7.55.